The highest BCUT2D eigenvalue weighted by Gasteiger charge is 1.94. The number of aryl methyl sites for hydroxylation is 1. The van der Waals surface area contributed by atoms with E-state index in [1.807, 2.05) is 13.0 Å². The number of anilines is 1. The third-order valence-electron chi connectivity index (χ3n) is 2.61. The van der Waals surface area contributed by atoms with Gasteiger partial charge in [-0.15, -0.1) is 0 Å². The topological polar surface area (TPSA) is 37.8 Å². The summed E-state index contributed by atoms with van der Waals surface area (Å²) < 4.78 is 0. The largest absolute Gasteiger partial charge is 0.370 e. The summed E-state index contributed by atoms with van der Waals surface area (Å²) in [6.45, 7) is 5.18. The fourth-order valence-electron chi connectivity index (χ4n) is 1.68. The molecule has 0 spiro atoms. The van der Waals surface area contributed by atoms with E-state index in [9.17, 15) is 0 Å². The van der Waals surface area contributed by atoms with Gasteiger partial charge in [0, 0.05) is 12.7 Å². The van der Waals surface area contributed by atoms with E-state index in [2.05, 4.69) is 22.2 Å². The Kier molecular flexibility index (Phi) is 6.54. The zero-order valence-electron chi connectivity index (χ0n) is 10.5. The Bertz CT molecular complexity index is 286. The number of aromatic nitrogens is 2. The molecule has 0 saturated carbocycles. The first-order valence-corrected chi connectivity index (χ1v) is 6.36. The van der Waals surface area contributed by atoms with Gasteiger partial charge in [-0.25, -0.2) is 9.97 Å². The summed E-state index contributed by atoms with van der Waals surface area (Å²) in [5.74, 6) is 1.77. The average molecular weight is 221 g/mol. The van der Waals surface area contributed by atoms with Gasteiger partial charge in [0.05, 0.1) is 0 Å². The van der Waals surface area contributed by atoms with Gasteiger partial charge in [0.1, 0.15) is 11.6 Å². The summed E-state index contributed by atoms with van der Waals surface area (Å²) in [4.78, 5) is 8.37. The molecule has 0 atom stereocenters. The summed E-state index contributed by atoms with van der Waals surface area (Å²) in [7, 11) is 0. The number of rotatable bonds is 8. The molecule has 16 heavy (non-hydrogen) atoms. The summed E-state index contributed by atoms with van der Waals surface area (Å²) in [5, 5.41) is 3.33. The Morgan fingerprint density at radius 1 is 1.12 bits per heavy atom. The van der Waals surface area contributed by atoms with E-state index in [1.165, 1.54) is 38.5 Å². The number of unbranched alkanes of at least 4 members (excludes halogenated alkanes) is 5. The number of hydrogen-bond donors (Lipinski definition) is 1. The minimum absolute atomic E-state index is 0.827. The molecule has 0 fully saturated rings. The number of nitrogens with zero attached hydrogens (tertiary/aromatic N) is 2. The molecule has 1 N–H and O–H groups in total. The van der Waals surface area contributed by atoms with Crippen molar-refractivity contribution in [3.63, 3.8) is 0 Å². The SMILES string of the molecule is CCCCCCCCNc1ccnc(C)n1. The summed E-state index contributed by atoms with van der Waals surface area (Å²) >= 11 is 0. The van der Waals surface area contributed by atoms with Crippen LogP contribution < -0.4 is 5.32 Å². The average Bonchev–Trinajstić information content (AvgIpc) is 2.28. The van der Waals surface area contributed by atoms with Crippen molar-refractivity contribution in [2.24, 2.45) is 0 Å². The van der Waals surface area contributed by atoms with Gasteiger partial charge >= 0.3 is 0 Å². The van der Waals surface area contributed by atoms with Crippen LogP contribution in [0.1, 0.15) is 51.3 Å². The van der Waals surface area contributed by atoms with Crippen molar-refractivity contribution < 1.29 is 0 Å². The fourth-order valence-corrected chi connectivity index (χ4v) is 1.68. The summed E-state index contributed by atoms with van der Waals surface area (Å²) in [5.41, 5.74) is 0. The van der Waals surface area contributed by atoms with Crippen LogP contribution in [0.15, 0.2) is 12.3 Å². The maximum absolute atomic E-state index is 4.30. The molecule has 0 saturated heterocycles. The molecule has 1 heterocycles. The molecule has 0 aliphatic carbocycles. The quantitative estimate of drug-likeness (QED) is 0.682. The van der Waals surface area contributed by atoms with Gasteiger partial charge in [0.25, 0.3) is 0 Å². The van der Waals surface area contributed by atoms with Gasteiger partial charge in [-0.1, -0.05) is 39.0 Å². The van der Waals surface area contributed by atoms with Crippen molar-refractivity contribution in [1.29, 1.82) is 0 Å². The predicted octanol–water partition coefficient (Wildman–Crippen LogP) is 3.56. The molecule has 90 valence electrons. The fraction of sp³-hybridized carbons (Fsp3) is 0.692. The molecule has 0 unspecified atom stereocenters. The molecule has 1 rings (SSSR count). The van der Waals surface area contributed by atoms with E-state index in [0.29, 0.717) is 0 Å². The van der Waals surface area contributed by atoms with E-state index in [1.54, 1.807) is 6.20 Å². The Morgan fingerprint density at radius 2 is 1.88 bits per heavy atom. The molecule has 0 radical (unpaired) electrons. The second-order valence-corrected chi connectivity index (χ2v) is 4.18. The van der Waals surface area contributed by atoms with Crippen molar-refractivity contribution in [2.75, 3.05) is 11.9 Å². The highest BCUT2D eigenvalue weighted by molar-refractivity contribution is 5.32. The minimum atomic E-state index is 0.827. The zero-order valence-corrected chi connectivity index (χ0v) is 10.5. The highest BCUT2D eigenvalue weighted by atomic mass is 15.0. The molecule has 0 amide bonds. The van der Waals surface area contributed by atoms with Crippen LogP contribution in [0.3, 0.4) is 0 Å². The monoisotopic (exact) mass is 221 g/mol. The highest BCUT2D eigenvalue weighted by Crippen LogP contribution is 2.06. The second kappa shape index (κ2) is 8.08. The maximum atomic E-state index is 4.30. The first-order valence-electron chi connectivity index (χ1n) is 6.36. The van der Waals surface area contributed by atoms with Crippen LogP contribution in [0.4, 0.5) is 5.82 Å². The van der Waals surface area contributed by atoms with Gasteiger partial charge in [0.15, 0.2) is 0 Å². The lowest BCUT2D eigenvalue weighted by molar-refractivity contribution is 0.616. The molecule has 0 bridgehead atoms. The molecular weight excluding hydrogens is 198 g/mol. The first kappa shape index (κ1) is 12.9. The summed E-state index contributed by atoms with van der Waals surface area (Å²) in [6.07, 6.45) is 9.77. The van der Waals surface area contributed by atoms with Gasteiger partial charge in [-0.3, -0.25) is 0 Å². The predicted molar refractivity (Wildman–Crippen MR) is 68.6 cm³/mol. The van der Waals surface area contributed by atoms with Gasteiger partial charge < -0.3 is 5.32 Å². The Labute approximate surface area is 98.7 Å². The molecular formula is C13H23N3. The van der Waals surface area contributed by atoms with Crippen LogP contribution in [-0.2, 0) is 0 Å². The Hall–Kier alpha value is -1.12. The van der Waals surface area contributed by atoms with Crippen molar-refractivity contribution >= 4 is 5.82 Å². The van der Waals surface area contributed by atoms with E-state index in [-0.39, 0.29) is 0 Å². The molecule has 0 aromatic carbocycles. The first-order chi connectivity index (χ1) is 7.83. The van der Waals surface area contributed by atoms with E-state index >= 15 is 0 Å². The standard InChI is InChI=1S/C13H23N3/c1-3-4-5-6-7-8-10-15-13-9-11-14-12(2)16-13/h9,11H,3-8,10H2,1-2H3,(H,14,15,16). The third-order valence-corrected chi connectivity index (χ3v) is 2.61. The normalized spacial score (nSPS) is 10.4. The molecule has 0 aliphatic rings. The van der Waals surface area contributed by atoms with E-state index in [0.717, 1.165) is 18.2 Å². The molecule has 3 nitrogen and oxygen atoms in total. The van der Waals surface area contributed by atoms with Gasteiger partial charge in [-0.05, 0) is 19.4 Å². The lowest BCUT2D eigenvalue weighted by Gasteiger charge is -2.05. The van der Waals surface area contributed by atoms with Crippen LogP contribution in [0.2, 0.25) is 0 Å². The number of hydrogen-bond acceptors (Lipinski definition) is 3. The van der Waals surface area contributed by atoms with Crippen molar-refractivity contribution in [3.8, 4) is 0 Å². The Morgan fingerprint density at radius 3 is 2.62 bits per heavy atom. The lowest BCUT2D eigenvalue weighted by atomic mass is 10.1. The van der Waals surface area contributed by atoms with Crippen LogP contribution in [0, 0.1) is 6.92 Å². The Balaban J connectivity index is 2.03. The van der Waals surface area contributed by atoms with Crippen molar-refractivity contribution in [3.05, 3.63) is 18.1 Å². The van der Waals surface area contributed by atoms with Crippen LogP contribution in [0.25, 0.3) is 0 Å². The smallest absolute Gasteiger partial charge is 0.129 e. The summed E-state index contributed by atoms with van der Waals surface area (Å²) in [6, 6.07) is 1.92. The molecule has 0 aliphatic heterocycles. The van der Waals surface area contributed by atoms with Crippen LogP contribution in [0.5, 0.6) is 0 Å². The van der Waals surface area contributed by atoms with Crippen LogP contribution >= 0.6 is 0 Å². The van der Waals surface area contributed by atoms with E-state index < -0.39 is 0 Å². The molecule has 3 heteroatoms. The third kappa shape index (κ3) is 5.69. The van der Waals surface area contributed by atoms with Gasteiger partial charge in [-0.2, -0.15) is 0 Å². The second-order valence-electron chi connectivity index (χ2n) is 4.18. The van der Waals surface area contributed by atoms with Crippen LogP contribution in [-0.4, -0.2) is 16.5 Å². The lowest BCUT2D eigenvalue weighted by Crippen LogP contribution is -2.04. The van der Waals surface area contributed by atoms with Crippen molar-refractivity contribution in [1.82, 2.24) is 9.97 Å². The molecule has 1 aromatic heterocycles. The van der Waals surface area contributed by atoms with Gasteiger partial charge in [0.2, 0.25) is 0 Å². The number of nitrogens with one attached hydrogen (secondary N) is 1. The van der Waals surface area contributed by atoms with E-state index in [4.69, 9.17) is 0 Å². The molecule has 1 aromatic rings. The zero-order chi connectivity index (χ0) is 11.6. The minimum Gasteiger partial charge on any atom is -0.370 e. The van der Waals surface area contributed by atoms with Crippen molar-refractivity contribution in [2.45, 2.75) is 52.4 Å². The maximum Gasteiger partial charge on any atom is 0.129 e.